The molecular formula is C13H13ClIN3S. The van der Waals surface area contributed by atoms with Crippen LogP contribution in [0.4, 0.5) is 5.82 Å². The first-order chi connectivity index (χ1) is 9.10. The first kappa shape index (κ1) is 14.9. The normalized spacial score (nSPS) is 10.5. The summed E-state index contributed by atoms with van der Waals surface area (Å²) < 4.78 is 1.07. The van der Waals surface area contributed by atoms with Crippen molar-refractivity contribution in [3.8, 4) is 0 Å². The van der Waals surface area contributed by atoms with E-state index in [0.717, 1.165) is 36.6 Å². The lowest BCUT2D eigenvalue weighted by Crippen LogP contribution is -2.04. The molecule has 19 heavy (non-hydrogen) atoms. The summed E-state index contributed by atoms with van der Waals surface area (Å²) in [6.45, 7) is 2.00. The SMILES string of the molecule is CNc1nc(CSc2cccc(Cl)c2)nc(C)c1I. The number of rotatable bonds is 4. The van der Waals surface area contributed by atoms with E-state index in [-0.39, 0.29) is 0 Å². The summed E-state index contributed by atoms with van der Waals surface area (Å²) in [6, 6.07) is 7.81. The van der Waals surface area contributed by atoms with Crippen molar-refractivity contribution in [1.82, 2.24) is 9.97 Å². The molecule has 0 aliphatic rings. The molecule has 3 nitrogen and oxygen atoms in total. The van der Waals surface area contributed by atoms with Gasteiger partial charge in [0.15, 0.2) is 0 Å². The summed E-state index contributed by atoms with van der Waals surface area (Å²) in [5.41, 5.74) is 1.00. The number of nitrogens with zero attached hydrogens (tertiary/aromatic N) is 2. The molecule has 2 aromatic rings. The van der Waals surface area contributed by atoms with Crippen LogP contribution in [0.25, 0.3) is 0 Å². The van der Waals surface area contributed by atoms with E-state index in [1.165, 1.54) is 0 Å². The van der Waals surface area contributed by atoms with Gasteiger partial charge in [0, 0.05) is 17.0 Å². The molecule has 0 aliphatic carbocycles. The van der Waals surface area contributed by atoms with Crippen LogP contribution < -0.4 is 5.32 Å². The lowest BCUT2D eigenvalue weighted by atomic mass is 10.4. The predicted molar refractivity (Wildman–Crippen MR) is 90.0 cm³/mol. The zero-order valence-electron chi connectivity index (χ0n) is 10.6. The number of halogens is 2. The van der Waals surface area contributed by atoms with Crippen molar-refractivity contribution >= 4 is 51.8 Å². The molecule has 0 aliphatic heterocycles. The Kier molecular flexibility index (Phi) is 5.29. The minimum absolute atomic E-state index is 0.729. The van der Waals surface area contributed by atoms with Crippen LogP contribution in [0.15, 0.2) is 29.2 Å². The summed E-state index contributed by atoms with van der Waals surface area (Å²) in [4.78, 5) is 10.1. The van der Waals surface area contributed by atoms with Gasteiger partial charge in [-0.05, 0) is 47.7 Å². The molecule has 0 bridgehead atoms. The Balaban J connectivity index is 2.13. The van der Waals surface area contributed by atoms with Crippen LogP contribution >= 0.6 is 46.0 Å². The smallest absolute Gasteiger partial charge is 0.143 e. The van der Waals surface area contributed by atoms with Gasteiger partial charge < -0.3 is 5.32 Å². The van der Waals surface area contributed by atoms with Crippen LogP contribution in [0.5, 0.6) is 0 Å². The summed E-state index contributed by atoms with van der Waals surface area (Å²) in [7, 11) is 1.87. The average Bonchev–Trinajstić information content (AvgIpc) is 2.40. The third-order valence-corrected chi connectivity index (χ3v) is 4.98. The Morgan fingerprint density at radius 1 is 1.37 bits per heavy atom. The van der Waals surface area contributed by atoms with E-state index < -0.39 is 0 Å². The molecule has 2 rings (SSSR count). The Bertz CT molecular complexity index is 592. The van der Waals surface area contributed by atoms with Crippen molar-refractivity contribution in [1.29, 1.82) is 0 Å². The van der Waals surface area contributed by atoms with Gasteiger partial charge in [-0.15, -0.1) is 11.8 Å². The number of hydrogen-bond donors (Lipinski definition) is 1. The monoisotopic (exact) mass is 405 g/mol. The Morgan fingerprint density at radius 3 is 2.84 bits per heavy atom. The average molecular weight is 406 g/mol. The van der Waals surface area contributed by atoms with Crippen molar-refractivity contribution in [3.63, 3.8) is 0 Å². The molecule has 0 fully saturated rings. The molecule has 1 aromatic carbocycles. The zero-order chi connectivity index (χ0) is 13.8. The van der Waals surface area contributed by atoms with Crippen LogP contribution in [0.1, 0.15) is 11.5 Å². The molecule has 0 radical (unpaired) electrons. The highest BCUT2D eigenvalue weighted by molar-refractivity contribution is 14.1. The van der Waals surface area contributed by atoms with E-state index in [4.69, 9.17) is 11.6 Å². The third kappa shape index (κ3) is 3.97. The minimum Gasteiger partial charge on any atom is -0.372 e. The number of anilines is 1. The van der Waals surface area contributed by atoms with Crippen molar-refractivity contribution in [2.75, 3.05) is 12.4 Å². The van der Waals surface area contributed by atoms with Gasteiger partial charge in [0.05, 0.1) is 15.0 Å². The maximum Gasteiger partial charge on any atom is 0.143 e. The first-order valence-corrected chi connectivity index (χ1v) is 8.13. The van der Waals surface area contributed by atoms with Gasteiger partial charge in [0.25, 0.3) is 0 Å². The fraction of sp³-hybridized carbons (Fsp3) is 0.231. The molecule has 1 heterocycles. The molecule has 100 valence electrons. The molecular weight excluding hydrogens is 393 g/mol. The fourth-order valence-corrected chi connectivity index (χ4v) is 3.13. The summed E-state index contributed by atoms with van der Waals surface area (Å²) in [6.07, 6.45) is 0. The Hall–Kier alpha value is -0.530. The quantitative estimate of drug-likeness (QED) is 0.605. The molecule has 0 saturated heterocycles. The van der Waals surface area contributed by atoms with Gasteiger partial charge in [-0.1, -0.05) is 17.7 Å². The van der Waals surface area contributed by atoms with Gasteiger partial charge in [-0.2, -0.15) is 0 Å². The highest BCUT2D eigenvalue weighted by atomic mass is 127. The van der Waals surface area contributed by atoms with E-state index in [1.807, 2.05) is 38.2 Å². The van der Waals surface area contributed by atoms with Gasteiger partial charge >= 0.3 is 0 Å². The largest absolute Gasteiger partial charge is 0.372 e. The number of aromatic nitrogens is 2. The maximum atomic E-state index is 5.96. The molecule has 6 heteroatoms. The fourth-order valence-electron chi connectivity index (χ4n) is 1.55. The summed E-state index contributed by atoms with van der Waals surface area (Å²) in [5, 5.41) is 3.85. The van der Waals surface area contributed by atoms with Gasteiger partial charge in [0.1, 0.15) is 11.6 Å². The minimum atomic E-state index is 0.729. The van der Waals surface area contributed by atoms with Gasteiger partial charge in [0.2, 0.25) is 0 Å². The third-order valence-electron chi connectivity index (χ3n) is 2.46. The van der Waals surface area contributed by atoms with E-state index >= 15 is 0 Å². The lowest BCUT2D eigenvalue weighted by Gasteiger charge is -2.08. The van der Waals surface area contributed by atoms with Crippen molar-refractivity contribution in [2.24, 2.45) is 0 Å². The van der Waals surface area contributed by atoms with Crippen molar-refractivity contribution in [2.45, 2.75) is 17.6 Å². The zero-order valence-corrected chi connectivity index (χ0v) is 14.3. The second-order valence-corrected chi connectivity index (χ2v) is 6.45. The van der Waals surface area contributed by atoms with Gasteiger partial charge in [-0.3, -0.25) is 0 Å². The second-order valence-electron chi connectivity index (χ2n) is 3.88. The number of benzene rings is 1. The van der Waals surface area contributed by atoms with Crippen LogP contribution in [-0.2, 0) is 5.75 Å². The molecule has 0 atom stereocenters. The van der Waals surface area contributed by atoms with Crippen molar-refractivity contribution < 1.29 is 0 Å². The predicted octanol–water partition coefficient (Wildman–Crippen LogP) is 4.38. The molecule has 0 amide bonds. The number of aryl methyl sites for hydroxylation is 1. The highest BCUT2D eigenvalue weighted by Crippen LogP contribution is 2.25. The Morgan fingerprint density at radius 2 is 2.16 bits per heavy atom. The van der Waals surface area contributed by atoms with Crippen LogP contribution in [0, 0.1) is 10.5 Å². The second kappa shape index (κ2) is 6.76. The topological polar surface area (TPSA) is 37.8 Å². The summed E-state index contributed by atoms with van der Waals surface area (Å²) in [5.74, 6) is 2.44. The van der Waals surface area contributed by atoms with Crippen LogP contribution in [0.2, 0.25) is 5.02 Å². The van der Waals surface area contributed by atoms with E-state index in [2.05, 4.69) is 37.9 Å². The van der Waals surface area contributed by atoms with Gasteiger partial charge in [-0.25, -0.2) is 9.97 Å². The van der Waals surface area contributed by atoms with E-state index in [9.17, 15) is 0 Å². The molecule has 1 aromatic heterocycles. The molecule has 0 spiro atoms. The molecule has 0 unspecified atom stereocenters. The standard InChI is InChI=1S/C13H13ClIN3S/c1-8-12(15)13(16-2)18-11(17-8)7-19-10-5-3-4-9(14)6-10/h3-6H,7H2,1-2H3,(H,16,17,18). The van der Waals surface area contributed by atoms with Crippen LogP contribution in [-0.4, -0.2) is 17.0 Å². The number of thioether (sulfide) groups is 1. The Labute approximate surface area is 135 Å². The van der Waals surface area contributed by atoms with E-state index in [1.54, 1.807) is 11.8 Å². The maximum absolute atomic E-state index is 5.96. The highest BCUT2D eigenvalue weighted by Gasteiger charge is 2.08. The van der Waals surface area contributed by atoms with Crippen LogP contribution in [0.3, 0.4) is 0 Å². The number of hydrogen-bond acceptors (Lipinski definition) is 4. The van der Waals surface area contributed by atoms with E-state index in [0.29, 0.717) is 0 Å². The van der Waals surface area contributed by atoms with Crippen molar-refractivity contribution in [3.05, 3.63) is 44.4 Å². The first-order valence-electron chi connectivity index (χ1n) is 5.69. The molecule has 0 saturated carbocycles. The molecule has 1 N–H and O–H groups in total. The number of nitrogens with one attached hydrogen (secondary N) is 1. The summed E-state index contributed by atoms with van der Waals surface area (Å²) >= 11 is 9.90. The lowest BCUT2D eigenvalue weighted by molar-refractivity contribution is 0.984.